The number of nitrogens with zero attached hydrogens (tertiary/aromatic N) is 3. The van der Waals surface area contributed by atoms with Crippen molar-refractivity contribution >= 4 is 33.4 Å². The molecule has 2 N–H and O–H groups in total. The van der Waals surface area contributed by atoms with Gasteiger partial charge in [0.1, 0.15) is 11.9 Å². The van der Waals surface area contributed by atoms with E-state index < -0.39 is 22.0 Å². The van der Waals surface area contributed by atoms with Gasteiger partial charge in [-0.25, -0.2) is 8.42 Å². The van der Waals surface area contributed by atoms with Crippen LogP contribution in [0, 0.1) is 0 Å². The van der Waals surface area contributed by atoms with E-state index in [-0.39, 0.29) is 4.90 Å². The minimum Gasteiger partial charge on any atom is -0.325 e. The molecule has 10 heteroatoms. The fourth-order valence-electron chi connectivity index (χ4n) is 3.96. The molecule has 1 aliphatic rings. The van der Waals surface area contributed by atoms with E-state index in [1.54, 1.807) is 30.0 Å². The first kappa shape index (κ1) is 24.4. The molecule has 1 amide bonds. The van der Waals surface area contributed by atoms with Gasteiger partial charge in [-0.2, -0.15) is 16.5 Å². The number of thioether (sulfide) groups is 1. The van der Waals surface area contributed by atoms with Crippen LogP contribution >= 0.6 is 11.8 Å². The number of amides is 1. The smallest absolute Gasteiger partial charge is 0.242 e. The molecular weight excluding hydrogens is 470 g/mol. The minimum absolute atomic E-state index is 0.133. The molecule has 1 aromatic heterocycles. The minimum atomic E-state index is -3.81. The van der Waals surface area contributed by atoms with Crippen molar-refractivity contribution in [2.75, 3.05) is 17.3 Å². The summed E-state index contributed by atoms with van der Waals surface area (Å²) in [6.45, 7) is 0.912. The van der Waals surface area contributed by atoms with Gasteiger partial charge in [-0.05, 0) is 67.7 Å². The lowest BCUT2D eigenvalue weighted by Crippen LogP contribution is -2.44. The second-order valence-corrected chi connectivity index (χ2v) is 10.9. The van der Waals surface area contributed by atoms with Crippen molar-refractivity contribution in [3.63, 3.8) is 0 Å². The zero-order chi connectivity index (χ0) is 24.0. The number of rotatable bonds is 9. The number of carbonyl (C=O) groups excluding carboxylic acids is 1. The topological polar surface area (TPSA) is 106 Å². The molecule has 0 spiro atoms. The highest BCUT2D eigenvalue weighted by atomic mass is 32.2. The van der Waals surface area contributed by atoms with Crippen LogP contribution in [0.25, 0.3) is 11.4 Å². The lowest BCUT2D eigenvalue weighted by Gasteiger charge is -2.18. The number of hydrogen-bond acceptors (Lipinski definition) is 6. The summed E-state index contributed by atoms with van der Waals surface area (Å²) in [7, 11) is -3.81. The van der Waals surface area contributed by atoms with Crippen LogP contribution in [-0.2, 0) is 27.8 Å². The second kappa shape index (κ2) is 11.2. The van der Waals surface area contributed by atoms with Crippen LogP contribution in [0.15, 0.2) is 59.5 Å². The molecule has 0 fully saturated rings. The molecule has 2 aromatic carbocycles. The second-order valence-electron chi connectivity index (χ2n) is 8.24. The fourth-order valence-corrected chi connectivity index (χ4v) is 5.69. The van der Waals surface area contributed by atoms with Crippen LogP contribution in [0.1, 0.15) is 31.5 Å². The van der Waals surface area contributed by atoms with Crippen molar-refractivity contribution in [2.24, 2.45) is 0 Å². The number of hydrogen-bond donors (Lipinski definition) is 2. The number of nitrogens with one attached hydrogen (secondary N) is 2. The molecule has 0 saturated heterocycles. The highest BCUT2D eigenvalue weighted by Crippen LogP contribution is 2.24. The van der Waals surface area contributed by atoms with E-state index in [4.69, 9.17) is 0 Å². The summed E-state index contributed by atoms with van der Waals surface area (Å²) < 4.78 is 30.3. The Hall–Kier alpha value is -2.69. The third-order valence-corrected chi connectivity index (χ3v) is 7.93. The normalized spacial score (nSPS) is 14.7. The zero-order valence-electron chi connectivity index (χ0n) is 19.1. The highest BCUT2D eigenvalue weighted by molar-refractivity contribution is 7.98. The van der Waals surface area contributed by atoms with E-state index in [0.29, 0.717) is 17.9 Å². The van der Waals surface area contributed by atoms with Crippen LogP contribution in [0.3, 0.4) is 0 Å². The maximum Gasteiger partial charge on any atom is 0.242 e. The van der Waals surface area contributed by atoms with E-state index in [9.17, 15) is 13.2 Å². The molecule has 1 atom stereocenters. The van der Waals surface area contributed by atoms with Crippen molar-refractivity contribution in [2.45, 2.75) is 49.6 Å². The summed E-state index contributed by atoms with van der Waals surface area (Å²) in [4.78, 5) is 13.1. The van der Waals surface area contributed by atoms with Gasteiger partial charge in [0.2, 0.25) is 15.9 Å². The van der Waals surface area contributed by atoms with Crippen molar-refractivity contribution in [1.82, 2.24) is 19.5 Å². The first-order valence-electron chi connectivity index (χ1n) is 11.4. The van der Waals surface area contributed by atoms with E-state index in [0.717, 1.165) is 43.0 Å². The maximum atomic E-state index is 13.0. The van der Waals surface area contributed by atoms with Gasteiger partial charge in [0.25, 0.3) is 0 Å². The molecule has 8 nitrogen and oxygen atoms in total. The first-order chi connectivity index (χ1) is 16.5. The van der Waals surface area contributed by atoms with Crippen LogP contribution in [-0.4, -0.2) is 47.1 Å². The summed E-state index contributed by atoms with van der Waals surface area (Å²) in [5.74, 6) is 2.11. The quantitative estimate of drug-likeness (QED) is 0.465. The Morgan fingerprint density at radius 2 is 1.82 bits per heavy atom. The average molecular weight is 500 g/mol. The van der Waals surface area contributed by atoms with Crippen LogP contribution in [0.5, 0.6) is 0 Å². The lowest BCUT2D eigenvalue weighted by atomic mass is 10.1. The molecular formula is C24H29N5O3S2. The average Bonchev–Trinajstić information content (AvgIpc) is 3.10. The Labute approximate surface area is 204 Å². The van der Waals surface area contributed by atoms with Gasteiger partial charge in [-0.15, -0.1) is 10.2 Å². The predicted octanol–water partition coefficient (Wildman–Crippen LogP) is 3.71. The number of aromatic nitrogens is 3. The lowest BCUT2D eigenvalue weighted by molar-refractivity contribution is -0.117. The third kappa shape index (κ3) is 5.86. The Kier molecular flexibility index (Phi) is 8.02. The number of sulfonamides is 1. The van der Waals surface area contributed by atoms with E-state index >= 15 is 0 Å². The molecule has 34 heavy (non-hydrogen) atoms. The van der Waals surface area contributed by atoms with Crippen LogP contribution in [0.2, 0.25) is 0 Å². The maximum absolute atomic E-state index is 13.0. The molecule has 1 aliphatic heterocycles. The van der Waals surface area contributed by atoms with Crippen LogP contribution in [0.4, 0.5) is 5.69 Å². The Bertz CT molecular complexity index is 1210. The molecule has 0 aliphatic carbocycles. The SMILES string of the molecule is CSCCC(NS(=O)(=O)c1ccccc1)C(=O)Nc1ccc(-c2nnc3n2CCCCC3)cc1. The molecule has 3 aromatic rings. The van der Waals surface area contributed by atoms with Gasteiger partial charge in [0.05, 0.1) is 4.90 Å². The number of carbonyl (C=O) groups is 1. The fraction of sp³-hybridized carbons (Fsp3) is 0.375. The van der Waals surface area contributed by atoms with Gasteiger partial charge in [-0.3, -0.25) is 4.79 Å². The van der Waals surface area contributed by atoms with E-state index in [1.807, 2.05) is 30.5 Å². The van der Waals surface area contributed by atoms with Gasteiger partial charge >= 0.3 is 0 Å². The largest absolute Gasteiger partial charge is 0.325 e. The van der Waals surface area contributed by atoms with Gasteiger partial charge < -0.3 is 9.88 Å². The summed E-state index contributed by atoms with van der Waals surface area (Å²) in [6.07, 6.45) is 6.68. The van der Waals surface area contributed by atoms with Crippen molar-refractivity contribution in [1.29, 1.82) is 0 Å². The van der Waals surface area contributed by atoms with Crippen LogP contribution < -0.4 is 10.0 Å². The molecule has 4 rings (SSSR count). The standard InChI is InChI=1S/C24H29N5O3S2/c1-33-17-15-21(28-34(31,32)20-8-4-2-5-9-20)24(30)25-19-13-11-18(12-14-19)23-27-26-22-10-6-3-7-16-29(22)23/h2,4-5,8-9,11-14,21,28H,3,6-7,10,15-17H2,1H3,(H,25,30). The Balaban J connectivity index is 1.47. The number of fused-ring (bicyclic) bond motifs is 1. The van der Waals surface area contributed by atoms with Crippen molar-refractivity contribution in [3.05, 3.63) is 60.4 Å². The van der Waals surface area contributed by atoms with Crippen molar-refractivity contribution in [3.8, 4) is 11.4 Å². The predicted molar refractivity (Wildman–Crippen MR) is 135 cm³/mol. The summed E-state index contributed by atoms with van der Waals surface area (Å²) in [6, 6.07) is 14.6. The van der Waals surface area contributed by atoms with Gasteiger partial charge in [0, 0.05) is 24.2 Å². The molecule has 180 valence electrons. The molecule has 1 unspecified atom stereocenters. The first-order valence-corrected chi connectivity index (χ1v) is 14.3. The van der Waals surface area contributed by atoms with Crippen molar-refractivity contribution < 1.29 is 13.2 Å². The summed E-state index contributed by atoms with van der Waals surface area (Å²) in [5, 5.41) is 11.6. The van der Waals surface area contributed by atoms with Gasteiger partial charge in [-0.1, -0.05) is 24.6 Å². The number of anilines is 1. The highest BCUT2D eigenvalue weighted by Gasteiger charge is 2.25. The molecule has 2 heterocycles. The number of aryl methyl sites for hydroxylation is 1. The monoisotopic (exact) mass is 499 g/mol. The van der Waals surface area contributed by atoms with Gasteiger partial charge in [0.15, 0.2) is 5.82 Å². The van der Waals surface area contributed by atoms with E-state index in [2.05, 4.69) is 24.8 Å². The summed E-state index contributed by atoms with van der Waals surface area (Å²) in [5.41, 5.74) is 1.53. The Morgan fingerprint density at radius 1 is 1.06 bits per heavy atom. The molecule has 0 radical (unpaired) electrons. The summed E-state index contributed by atoms with van der Waals surface area (Å²) >= 11 is 1.56. The zero-order valence-corrected chi connectivity index (χ0v) is 20.7. The molecule has 0 saturated carbocycles. The molecule has 0 bridgehead atoms. The third-order valence-electron chi connectivity index (χ3n) is 5.80. The number of benzene rings is 2. The Morgan fingerprint density at radius 3 is 2.56 bits per heavy atom. The van der Waals surface area contributed by atoms with E-state index in [1.165, 1.54) is 18.6 Å².